The first kappa shape index (κ1) is 14.1. The monoisotopic (exact) mass is 288 g/mol. The number of hydrogen-bond acceptors (Lipinski definition) is 4. The van der Waals surface area contributed by atoms with E-state index in [9.17, 15) is 4.79 Å². The maximum absolute atomic E-state index is 10.9. The number of piperazine rings is 1. The van der Waals surface area contributed by atoms with Gasteiger partial charge < -0.3 is 14.4 Å². The molecule has 1 aliphatic rings. The van der Waals surface area contributed by atoms with Crippen LogP contribution < -0.4 is 0 Å². The predicted molar refractivity (Wildman–Crippen MR) is 80.5 cm³/mol. The van der Waals surface area contributed by atoms with Crippen LogP contribution in [-0.4, -0.2) is 53.6 Å². The first-order valence-electron chi connectivity index (χ1n) is 7.21. The molecule has 0 bridgehead atoms. The van der Waals surface area contributed by atoms with Gasteiger partial charge in [-0.3, -0.25) is 4.90 Å². The van der Waals surface area contributed by atoms with Crippen LogP contribution in [0.2, 0.25) is 0 Å². The third-order valence-corrected chi connectivity index (χ3v) is 4.24. The number of carboxylic acid groups (broad SMARTS) is 1. The zero-order valence-electron chi connectivity index (χ0n) is 12.4. The molecular formula is C16H20N2O3. The van der Waals surface area contributed by atoms with Crippen molar-refractivity contribution in [2.75, 3.05) is 26.7 Å². The van der Waals surface area contributed by atoms with Gasteiger partial charge in [-0.1, -0.05) is 6.07 Å². The summed E-state index contributed by atoms with van der Waals surface area (Å²) < 4.78 is 5.29. The summed E-state index contributed by atoms with van der Waals surface area (Å²) >= 11 is 0. The lowest BCUT2D eigenvalue weighted by atomic mass is 10.1. The summed E-state index contributed by atoms with van der Waals surface area (Å²) in [5.41, 5.74) is 1.82. The number of aromatic carboxylic acids is 1. The summed E-state index contributed by atoms with van der Waals surface area (Å²) in [6.07, 6.45) is 0. The van der Waals surface area contributed by atoms with E-state index in [0.29, 0.717) is 11.6 Å². The lowest BCUT2D eigenvalue weighted by Crippen LogP contribution is -2.49. The highest BCUT2D eigenvalue weighted by Gasteiger charge is 2.20. The molecule has 0 radical (unpaired) electrons. The van der Waals surface area contributed by atoms with Gasteiger partial charge in [-0.05, 0) is 37.7 Å². The Bertz CT molecular complexity index is 665. The van der Waals surface area contributed by atoms with Crippen molar-refractivity contribution in [3.05, 3.63) is 35.6 Å². The summed E-state index contributed by atoms with van der Waals surface area (Å²) in [6, 6.07) is 8.05. The van der Waals surface area contributed by atoms with Crippen LogP contribution in [-0.2, 0) is 6.54 Å². The molecule has 1 aromatic carbocycles. The van der Waals surface area contributed by atoms with E-state index in [-0.39, 0.29) is 5.76 Å². The smallest absolute Gasteiger partial charge is 0.371 e. The first-order chi connectivity index (χ1) is 10.0. The number of furan rings is 1. The molecule has 0 amide bonds. The highest BCUT2D eigenvalue weighted by Crippen LogP contribution is 2.22. The van der Waals surface area contributed by atoms with Gasteiger partial charge in [0.05, 0.1) is 0 Å². The van der Waals surface area contributed by atoms with Crippen molar-refractivity contribution < 1.29 is 14.3 Å². The van der Waals surface area contributed by atoms with Crippen molar-refractivity contribution in [1.82, 2.24) is 9.80 Å². The molecule has 0 aliphatic carbocycles. The van der Waals surface area contributed by atoms with Crippen LogP contribution in [0, 0.1) is 0 Å². The fraction of sp³-hybridized carbons (Fsp3) is 0.438. The van der Waals surface area contributed by atoms with Crippen molar-refractivity contribution in [2.24, 2.45) is 0 Å². The van der Waals surface area contributed by atoms with Crippen molar-refractivity contribution in [2.45, 2.75) is 19.5 Å². The van der Waals surface area contributed by atoms with Crippen molar-refractivity contribution in [3.8, 4) is 0 Å². The molecule has 1 fully saturated rings. The highest BCUT2D eigenvalue weighted by atomic mass is 16.4. The van der Waals surface area contributed by atoms with Gasteiger partial charge in [-0.15, -0.1) is 0 Å². The van der Waals surface area contributed by atoms with Crippen LogP contribution in [0.1, 0.15) is 23.0 Å². The number of carbonyl (C=O) groups is 1. The molecule has 5 nitrogen and oxygen atoms in total. The Labute approximate surface area is 123 Å². The van der Waals surface area contributed by atoms with E-state index in [2.05, 4.69) is 23.8 Å². The molecule has 1 N–H and O–H groups in total. The molecule has 0 saturated carbocycles. The Morgan fingerprint density at radius 3 is 2.90 bits per heavy atom. The second-order valence-corrected chi connectivity index (χ2v) is 5.85. The Kier molecular flexibility index (Phi) is 3.69. The molecule has 3 rings (SSSR count). The van der Waals surface area contributed by atoms with Crippen molar-refractivity contribution in [3.63, 3.8) is 0 Å². The fourth-order valence-electron chi connectivity index (χ4n) is 2.82. The molecule has 1 saturated heterocycles. The first-order valence-corrected chi connectivity index (χ1v) is 7.21. The average molecular weight is 288 g/mol. The minimum Gasteiger partial charge on any atom is -0.475 e. The zero-order chi connectivity index (χ0) is 15.0. The third kappa shape index (κ3) is 2.94. The van der Waals surface area contributed by atoms with E-state index in [1.165, 1.54) is 5.56 Å². The van der Waals surface area contributed by atoms with E-state index < -0.39 is 5.97 Å². The Morgan fingerprint density at radius 1 is 1.38 bits per heavy atom. The van der Waals surface area contributed by atoms with Gasteiger partial charge in [0.25, 0.3) is 0 Å². The second-order valence-electron chi connectivity index (χ2n) is 5.85. The molecule has 2 heterocycles. The molecule has 0 spiro atoms. The number of benzene rings is 1. The van der Waals surface area contributed by atoms with Gasteiger partial charge in [0.2, 0.25) is 5.76 Å². The number of fused-ring (bicyclic) bond motifs is 1. The molecular weight excluding hydrogens is 268 g/mol. The molecule has 1 atom stereocenters. The molecule has 2 aromatic rings. The number of nitrogens with zero attached hydrogens (tertiary/aromatic N) is 2. The van der Waals surface area contributed by atoms with Gasteiger partial charge in [-0.25, -0.2) is 4.79 Å². The Balaban J connectivity index is 1.76. The van der Waals surface area contributed by atoms with Crippen LogP contribution in [0.5, 0.6) is 0 Å². The number of rotatable bonds is 3. The van der Waals surface area contributed by atoms with E-state index in [1.807, 2.05) is 18.2 Å². The van der Waals surface area contributed by atoms with Gasteiger partial charge in [0.15, 0.2) is 0 Å². The highest BCUT2D eigenvalue weighted by molar-refractivity contribution is 5.91. The molecule has 112 valence electrons. The summed E-state index contributed by atoms with van der Waals surface area (Å²) in [6.45, 7) is 6.33. The SMILES string of the molecule is CC1CN(Cc2ccc3oc(C(=O)O)cc3c2)CCN1C. The quantitative estimate of drug-likeness (QED) is 0.939. The largest absolute Gasteiger partial charge is 0.475 e. The number of hydrogen-bond donors (Lipinski definition) is 1. The molecule has 21 heavy (non-hydrogen) atoms. The summed E-state index contributed by atoms with van der Waals surface area (Å²) in [5.74, 6) is -1.03. The topological polar surface area (TPSA) is 56.9 Å². The summed E-state index contributed by atoms with van der Waals surface area (Å²) in [5, 5.41) is 9.82. The zero-order valence-corrected chi connectivity index (χ0v) is 12.4. The third-order valence-electron chi connectivity index (χ3n) is 4.24. The van der Waals surface area contributed by atoms with E-state index >= 15 is 0 Å². The maximum atomic E-state index is 10.9. The Morgan fingerprint density at radius 2 is 2.19 bits per heavy atom. The maximum Gasteiger partial charge on any atom is 0.371 e. The minimum absolute atomic E-state index is 0.00429. The van der Waals surface area contributed by atoms with E-state index in [1.54, 1.807) is 6.07 Å². The second kappa shape index (κ2) is 5.50. The predicted octanol–water partition coefficient (Wildman–Crippen LogP) is 2.27. The van der Waals surface area contributed by atoms with Crippen LogP contribution in [0.3, 0.4) is 0 Å². The van der Waals surface area contributed by atoms with Crippen molar-refractivity contribution in [1.29, 1.82) is 0 Å². The standard InChI is InChI=1S/C16H20N2O3/c1-11-9-18(6-5-17(11)2)10-12-3-4-14-13(7-12)8-15(21-14)16(19)20/h3-4,7-8,11H,5-6,9-10H2,1-2H3,(H,19,20). The lowest BCUT2D eigenvalue weighted by molar-refractivity contribution is 0.0665. The number of carboxylic acids is 1. The Hall–Kier alpha value is -1.85. The summed E-state index contributed by atoms with van der Waals surface area (Å²) in [7, 11) is 2.16. The van der Waals surface area contributed by atoms with Gasteiger partial charge >= 0.3 is 5.97 Å². The van der Waals surface area contributed by atoms with Gasteiger partial charge in [-0.2, -0.15) is 0 Å². The molecule has 1 unspecified atom stereocenters. The van der Waals surface area contributed by atoms with Crippen LogP contribution in [0.25, 0.3) is 11.0 Å². The van der Waals surface area contributed by atoms with Crippen LogP contribution in [0.4, 0.5) is 0 Å². The number of likely N-dealkylation sites (N-methyl/N-ethyl adjacent to an activating group) is 1. The van der Waals surface area contributed by atoms with E-state index in [0.717, 1.165) is 31.6 Å². The van der Waals surface area contributed by atoms with Crippen molar-refractivity contribution >= 4 is 16.9 Å². The molecule has 1 aromatic heterocycles. The molecule has 1 aliphatic heterocycles. The van der Waals surface area contributed by atoms with Crippen LogP contribution >= 0.6 is 0 Å². The lowest BCUT2D eigenvalue weighted by Gasteiger charge is -2.37. The normalized spacial score (nSPS) is 21.0. The average Bonchev–Trinajstić information content (AvgIpc) is 2.86. The van der Waals surface area contributed by atoms with Gasteiger partial charge in [0.1, 0.15) is 5.58 Å². The van der Waals surface area contributed by atoms with E-state index in [4.69, 9.17) is 9.52 Å². The molecule has 5 heteroatoms. The fourth-order valence-corrected chi connectivity index (χ4v) is 2.82. The minimum atomic E-state index is -1.03. The van der Waals surface area contributed by atoms with Gasteiger partial charge in [0, 0.05) is 37.6 Å². The van der Waals surface area contributed by atoms with Crippen LogP contribution in [0.15, 0.2) is 28.7 Å². The summed E-state index contributed by atoms with van der Waals surface area (Å²) in [4.78, 5) is 15.7.